The number of carbonyl (C=O) groups is 1. The van der Waals surface area contributed by atoms with Crippen LogP contribution in [0.1, 0.15) is 25.0 Å². The number of hydrogen-bond donors (Lipinski definition) is 2. The molecule has 0 spiro atoms. The summed E-state index contributed by atoms with van der Waals surface area (Å²) >= 11 is 0. The van der Waals surface area contributed by atoms with Crippen molar-refractivity contribution in [2.75, 3.05) is 11.9 Å². The minimum absolute atomic E-state index is 0.0259. The number of nitrogens with zero attached hydrogens (tertiary/aromatic N) is 7. The van der Waals surface area contributed by atoms with Gasteiger partial charge in [-0.1, -0.05) is 0 Å². The Morgan fingerprint density at radius 1 is 1.24 bits per heavy atom. The van der Waals surface area contributed by atoms with Gasteiger partial charge in [0.2, 0.25) is 11.9 Å². The lowest BCUT2D eigenvalue weighted by molar-refractivity contribution is -0.121. The number of aromatic nitrogens is 7. The van der Waals surface area contributed by atoms with Gasteiger partial charge in [0.1, 0.15) is 6.04 Å². The molecule has 29 heavy (non-hydrogen) atoms. The van der Waals surface area contributed by atoms with Crippen molar-refractivity contribution in [1.29, 1.82) is 0 Å². The van der Waals surface area contributed by atoms with Crippen LogP contribution in [0.15, 0.2) is 24.5 Å². The van der Waals surface area contributed by atoms with E-state index in [1.807, 2.05) is 32.3 Å². The molecule has 4 aromatic rings. The van der Waals surface area contributed by atoms with Crippen LogP contribution in [0.3, 0.4) is 0 Å². The molecule has 10 nitrogen and oxygen atoms in total. The summed E-state index contributed by atoms with van der Waals surface area (Å²) in [6, 6.07) is 3.39. The Hall–Kier alpha value is -3.56. The summed E-state index contributed by atoms with van der Waals surface area (Å²) in [6.07, 6.45) is 6.25. The summed E-state index contributed by atoms with van der Waals surface area (Å²) in [5.74, 6) is 0.984. The molecule has 1 aliphatic heterocycles. The van der Waals surface area contributed by atoms with E-state index in [4.69, 9.17) is 4.98 Å². The molecule has 0 saturated carbocycles. The van der Waals surface area contributed by atoms with Crippen molar-refractivity contribution in [1.82, 2.24) is 39.7 Å². The molecule has 0 radical (unpaired) electrons. The number of aryl methyl sites for hydroxylation is 2. The number of rotatable bonds is 3. The maximum Gasteiger partial charge on any atom is 0.242 e. The molecule has 148 valence electrons. The molecule has 1 fully saturated rings. The zero-order chi connectivity index (χ0) is 20.0. The van der Waals surface area contributed by atoms with E-state index in [1.54, 1.807) is 15.4 Å². The van der Waals surface area contributed by atoms with Gasteiger partial charge in [-0.25, -0.2) is 9.97 Å². The number of anilines is 1. The van der Waals surface area contributed by atoms with Crippen molar-refractivity contribution in [3.8, 4) is 11.4 Å². The van der Waals surface area contributed by atoms with Crippen molar-refractivity contribution in [2.24, 2.45) is 7.05 Å². The first-order chi connectivity index (χ1) is 14.1. The van der Waals surface area contributed by atoms with Gasteiger partial charge in [-0.05, 0) is 38.3 Å². The van der Waals surface area contributed by atoms with Crippen molar-refractivity contribution in [2.45, 2.75) is 32.2 Å². The van der Waals surface area contributed by atoms with Crippen molar-refractivity contribution in [3.63, 3.8) is 0 Å². The molecule has 1 aliphatic rings. The molecular formula is C19H21N9O. The van der Waals surface area contributed by atoms with E-state index in [0.717, 1.165) is 35.9 Å². The Balaban J connectivity index is 1.67. The third-order valence-corrected chi connectivity index (χ3v) is 5.14. The average molecular weight is 391 g/mol. The molecule has 10 heteroatoms. The lowest BCUT2D eigenvalue weighted by Crippen LogP contribution is -2.38. The molecular weight excluding hydrogens is 370 g/mol. The molecule has 0 unspecified atom stereocenters. The second-order valence-corrected chi connectivity index (χ2v) is 7.27. The van der Waals surface area contributed by atoms with Gasteiger partial charge in [0.15, 0.2) is 17.1 Å². The van der Waals surface area contributed by atoms with Crippen molar-refractivity contribution in [3.05, 3.63) is 30.2 Å². The summed E-state index contributed by atoms with van der Waals surface area (Å²) in [7, 11) is 1.87. The van der Waals surface area contributed by atoms with Crippen LogP contribution in [0.5, 0.6) is 0 Å². The first-order valence-electron chi connectivity index (χ1n) is 9.66. The van der Waals surface area contributed by atoms with E-state index in [1.165, 1.54) is 0 Å². The van der Waals surface area contributed by atoms with Gasteiger partial charge < -0.3 is 10.6 Å². The Labute approximate surface area is 166 Å². The van der Waals surface area contributed by atoms with Gasteiger partial charge in [0.05, 0.1) is 16.6 Å². The summed E-state index contributed by atoms with van der Waals surface area (Å²) in [5, 5.41) is 16.1. The van der Waals surface area contributed by atoms with Crippen LogP contribution in [-0.4, -0.2) is 52.8 Å². The van der Waals surface area contributed by atoms with Gasteiger partial charge in [0, 0.05) is 26.0 Å². The largest absolute Gasteiger partial charge is 0.354 e. The second-order valence-electron chi connectivity index (χ2n) is 7.27. The van der Waals surface area contributed by atoms with E-state index in [9.17, 15) is 4.79 Å². The van der Waals surface area contributed by atoms with E-state index in [0.29, 0.717) is 29.6 Å². The second kappa shape index (κ2) is 6.80. The van der Waals surface area contributed by atoms with Crippen LogP contribution in [0.25, 0.3) is 28.1 Å². The van der Waals surface area contributed by atoms with Gasteiger partial charge in [-0.3, -0.25) is 9.48 Å². The van der Waals surface area contributed by atoms with Crippen molar-refractivity contribution < 1.29 is 4.79 Å². The summed E-state index contributed by atoms with van der Waals surface area (Å²) in [4.78, 5) is 26.2. The predicted molar refractivity (Wildman–Crippen MR) is 107 cm³/mol. The lowest BCUT2D eigenvalue weighted by Gasteiger charge is -2.16. The van der Waals surface area contributed by atoms with Gasteiger partial charge in [0.25, 0.3) is 0 Å². The molecule has 1 saturated heterocycles. The number of hydrogen-bond acceptors (Lipinski definition) is 7. The molecule has 5 rings (SSSR count). The molecule has 0 bridgehead atoms. The van der Waals surface area contributed by atoms with Crippen molar-refractivity contribution >= 4 is 28.5 Å². The predicted octanol–water partition coefficient (Wildman–Crippen LogP) is 1.46. The quantitative estimate of drug-likeness (QED) is 0.543. The number of nitrogens with one attached hydrogen (secondary N) is 2. The van der Waals surface area contributed by atoms with Gasteiger partial charge in [-0.15, -0.1) is 5.10 Å². The SMILES string of the molecule is Cc1nn(C)cc1-c1nc2c3cccnc3nc(N[C@@H]3CCCCNC3=O)n2n1. The maximum atomic E-state index is 12.4. The highest BCUT2D eigenvalue weighted by molar-refractivity contribution is 5.91. The molecule has 2 N–H and O–H groups in total. The zero-order valence-corrected chi connectivity index (χ0v) is 16.3. The summed E-state index contributed by atoms with van der Waals surface area (Å²) in [5.41, 5.74) is 2.89. The monoisotopic (exact) mass is 391 g/mol. The third-order valence-electron chi connectivity index (χ3n) is 5.14. The lowest BCUT2D eigenvalue weighted by atomic mass is 10.1. The van der Waals surface area contributed by atoms with Crippen LogP contribution < -0.4 is 10.6 Å². The highest BCUT2D eigenvalue weighted by Crippen LogP contribution is 2.25. The summed E-state index contributed by atoms with van der Waals surface area (Å²) in [6.45, 7) is 2.63. The molecule has 1 amide bonds. The van der Waals surface area contributed by atoms with Crippen LogP contribution in [-0.2, 0) is 11.8 Å². The molecule has 5 heterocycles. The Bertz CT molecular complexity index is 1230. The maximum absolute atomic E-state index is 12.4. The number of amides is 1. The highest BCUT2D eigenvalue weighted by Gasteiger charge is 2.24. The molecule has 4 aromatic heterocycles. The van der Waals surface area contributed by atoms with Gasteiger partial charge in [-0.2, -0.15) is 14.6 Å². The minimum Gasteiger partial charge on any atom is -0.354 e. The van der Waals surface area contributed by atoms with Crippen LogP contribution in [0, 0.1) is 6.92 Å². The number of fused-ring (bicyclic) bond motifs is 3. The Morgan fingerprint density at radius 2 is 2.14 bits per heavy atom. The van der Waals surface area contributed by atoms with Crippen LogP contribution >= 0.6 is 0 Å². The van der Waals surface area contributed by atoms with Crippen LogP contribution in [0.4, 0.5) is 5.95 Å². The zero-order valence-electron chi connectivity index (χ0n) is 16.3. The fraction of sp³-hybridized carbons (Fsp3) is 0.368. The smallest absolute Gasteiger partial charge is 0.242 e. The van der Waals surface area contributed by atoms with Crippen LogP contribution in [0.2, 0.25) is 0 Å². The minimum atomic E-state index is -0.373. The molecule has 0 aliphatic carbocycles. The van der Waals surface area contributed by atoms with E-state index < -0.39 is 0 Å². The standard InChI is InChI=1S/C19H21N9O/c1-11-13(10-27(2)25-11)16-23-17-12-6-5-9-20-15(12)24-19(28(17)26-16)22-14-7-3-4-8-21-18(14)29/h5-6,9-10,14H,3-4,7-8H2,1-2H3,(H,21,29)(H,20,22,24)/t14-/m1/s1. The average Bonchev–Trinajstić information content (AvgIpc) is 3.23. The third kappa shape index (κ3) is 3.06. The number of pyridine rings is 1. The first-order valence-corrected chi connectivity index (χ1v) is 9.66. The fourth-order valence-electron chi connectivity index (χ4n) is 3.70. The normalized spacial score (nSPS) is 17.4. The van der Waals surface area contributed by atoms with Gasteiger partial charge >= 0.3 is 0 Å². The topological polar surface area (TPSA) is 115 Å². The summed E-state index contributed by atoms with van der Waals surface area (Å²) < 4.78 is 3.40. The Kier molecular flexibility index (Phi) is 4.11. The molecule has 1 atom stereocenters. The molecule has 0 aromatic carbocycles. The fourth-order valence-corrected chi connectivity index (χ4v) is 3.70. The number of carbonyl (C=O) groups excluding carboxylic acids is 1. The van der Waals surface area contributed by atoms with E-state index in [2.05, 4.69) is 30.8 Å². The highest BCUT2D eigenvalue weighted by atomic mass is 16.2. The van der Waals surface area contributed by atoms with E-state index >= 15 is 0 Å². The van der Waals surface area contributed by atoms with E-state index in [-0.39, 0.29) is 11.9 Å². The Morgan fingerprint density at radius 3 is 2.97 bits per heavy atom. The first kappa shape index (κ1) is 17.5.